The van der Waals surface area contributed by atoms with Crippen molar-refractivity contribution in [1.82, 2.24) is 4.90 Å². The predicted molar refractivity (Wildman–Crippen MR) is 125 cm³/mol. The molecule has 1 heterocycles. The Morgan fingerprint density at radius 2 is 1.43 bits per heavy atom. The third-order valence-electron chi connectivity index (χ3n) is 6.00. The van der Waals surface area contributed by atoms with Gasteiger partial charge in [-0.25, -0.2) is 0 Å². The average Bonchev–Trinajstić information content (AvgIpc) is 2.66. The van der Waals surface area contributed by atoms with Crippen LogP contribution >= 0.6 is 0 Å². The van der Waals surface area contributed by atoms with Crippen LogP contribution in [0.15, 0.2) is 10.2 Å². The molecule has 1 fully saturated rings. The van der Waals surface area contributed by atoms with E-state index in [0.717, 1.165) is 25.9 Å². The molecule has 1 saturated heterocycles. The van der Waals surface area contributed by atoms with Crippen LogP contribution in [0, 0.1) is 5.92 Å². The van der Waals surface area contributed by atoms with E-state index in [-0.39, 0.29) is 6.09 Å². The molecule has 28 heavy (non-hydrogen) atoms. The zero-order valence-corrected chi connectivity index (χ0v) is 22.5. The summed E-state index contributed by atoms with van der Waals surface area (Å²) < 4.78 is 13.0. The molecule has 3 nitrogen and oxygen atoms in total. The number of hydrogen-bond acceptors (Lipinski definition) is 2. The summed E-state index contributed by atoms with van der Waals surface area (Å²) in [6, 6.07) is 0. The van der Waals surface area contributed by atoms with Gasteiger partial charge in [0.1, 0.15) is 0 Å². The van der Waals surface area contributed by atoms with Crippen LogP contribution in [0.4, 0.5) is 4.79 Å². The minimum atomic E-state index is -2.17. The van der Waals surface area contributed by atoms with Crippen LogP contribution in [0.2, 0.25) is 13.3 Å². The summed E-state index contributed by atoms with van der Waals surface area (Å²) in [6.07, 6.45) is 12.9. The van der Waals surface area contributed by atoms with E-state index >= 15 is 0 Å². The molecule has 0 aromatic rings. The van der Waals surface area contributed by atoms with Gasteiger partial charge in [0.2, 0.25) is 0 Å². The summed E-state index contributed by atoms with van der Waals surface area (Å²) in [6.45, 7) is 14.5. The van der Waals surface area contributed by atoms with Crippen molar-refractivity contribution in [2.45, 2.75) is 112 Å². The van der Waals surface area contributed by atoms with E-state index in [1.54, 1.807) is 13.3 Å². The van der Waals surface area contributed by atoms with Gasteiger partial charge < -0.3 is 0 Å². The predicted octanol–water partition coefficient (Wildman–Crippen LogP) is 7.58. The first-order valence-electron chi connectivity index (χ1n) is 11.9. The van der Waals surface area contributed by atoms with Gasteiger partial charge in [0.25, 0.3) is 0 Å². The molecule has 0 unspecified atom stereocenters. The number of ether oxygens (including phenoxy) is 1. The summed E-state index contributed by atoms with van der Waals surface area (Å²) in [5.74, 6) is 0.652. The summed E-state index contributed by atoms with van der Waals surface area (Å²) in [4.78, 5) is 14.2. The third kappa shape index (κ3) is 10.0. The molecule has 4 heteroatoms. The number of hydrogen-bond donors (Lipinski definition) is 0. The maximum absolute atomic E-state index is 12.3. The Morgan fingerprint density at radius 3 is 1.82 bits per heavy atom. The Morgan fingerprint density at radius 1 is 0.964 bits per heavy atom. The van der Waals surface area contributed by atoms with E-state index in [1.165, 1.54) is 38.5 Å². The van der Waals surface area contributed by atoms with Gasteiger partial charge in [-0.2, -0.15) is 0 Å². The number of likely N-dealkylation sites (tertiary alicyclic amines) is 1. The molecule has 1 rings (SSSR count). The summed E-state index contributed by atoms with van der Waals surface area (Å²) >= 11 is -2.17. The fourth-order valence-electron chi connectivity index (χ4n) is 4.15. The number of unbranched alkanes of at least 4 members (excludes halogenated alkanes) is 3. The molecular weight excluding hydrogens is 453 g/mol. The normalized spacial score (nSPS) is 16.7. The number of amides is 1. The minimum absolute atomic E-state index is 0.141. The molecule has 0 N–H and O–H groups in total. The molecule has 1 amide bonds. The molecule has 0 aliphatic carbocycles. The van der Waals surface area contributed by atoms with E-state index in [1.807, 2.05) is 25.7 Å². The molecule has 0 spiro atoms. The first kappa shape index (κ1) is 25.8. The second kappa shape index (κ2) is 13.2. The van der Waals surface area contributed by atoms with Crippen molar-refractivity contribution >= 4 is 24.5 Å². The number of nitrogens with zero attached hydrogens (tertiary/aromatic N) is 1. The topological polar surface area (TPSA) is 29.5 Å². The summed E-state index contributed by atoms with van der Waals surface area (Å²) in [5, 5.41) is 0. The number of allylic oxidation sites excluding steroid dienone is 1. The van der Waals surface area contributed by atoms with Crippen LogP contribution in [0.1, 0.15) is 92.9 Å². The molecule has 0 atom stereocenters. The van der Waals surface area contributed by atoms with Crippen molar-refractivity contribution in [1.29, 1.82) is 0 Å². The van der Waals surface area contributed by atoms with Crippen molar-refractivity contribution in [2.24, 2.45) is 5.92 Å². The second-order valence-corrected chi connectivity index (χ2v) is 22.8. The van der Waals surface area contributed by atoms with Gasteiger partial charge in [-0.1, -0.05) is 0 Å². The Hall–Kier alpha value is -0.191. The van der Waals surface area contributed by atoms with Gasteiger partial charge in [0.15, 0.2) is 0 Å². The molecule has 0 aromatic heterocycles. The number of carbonyl (C=O) groups is 1. The van der Waals surface area contributed by atoms with Crippen molar-refractivity contribution in [3.63, 3.8) is 0 Å². The van der Waals surface area contributed by atoms with Crippen LogP contribution in [0.3, 0.4) is 0 Å². The Bertz CT molecular complexity index is 440. The van der Waals surface area contributed by atoms with E-state index < -0.39 is 24.0 Å². The molecule has 164 valence electrons. The van der Waals surface area contributed by atoms with E-state index in [0.29, 0.717) is 5.92 Å². The van der Waals surface area contributed by atoms with Gasteiger partial charge in [-0.15, -0.1) is 0 Å². The number of piperidine rings is 1. The van der Waals surface area contributed by atoms with Crippen molar-refractivity contribution in [3.05, 3.63) is 10.2 Å². The van der Waals surface area contributed by atoms with Crippen LogP contribution in [0.5, 0.6) is 0 Å². The van der Waals surface area contributed by atoms with Crippen LogP contribution in [-0.4, -0.2) is 48.1 Å². The van der Waals surface area contributed by atoms with E-state index in [4.69, 9.17) is 4.74 Å². The number of rotatable bonds is 11. The molecule has 1 aliphatic heterocycles. The van der Waals surface area contributed by atoms with Crippen LogP contribution < -0.4 is 0 Å². The molecule has 0 saturated carbocycles. The summed E-state index contributed by atoms with van der Waals surface area (Å²) in [5.41, 5.74) is -0.403. The Balaban J connectivity index is 2.69. The van der Waals surface area contributed by atoms with Crippen molar-refractivity contribution in [2.75, 3.05) is 13.1 Å². The Kier molecular flexibility index (Phi) is 12.2. The Labute approximate surface area is 179 Å². The third-order valence-corrected chi connectivity index (χ3v) is 20.1. The maximum atomic E-state index is 12.3. The molecule has 0 bridgehead atoms. The fraction of sp³-hybridized carbons (Fsp3) is 0.875. The quantitative estimate of drug-likeness (QED) is 0.274. The second-order valence-electron chi connectivity index (χ2n) is 9.84. The monoisotopic (exact) mass is 501 g/mol. The first-order chi connectivity index (χ1) is 13.2. The SMILES string of the molecule is CCC[CH2][Sn](/[CH]=C/C1CCN(C(=O)OC(C)(C)C)CC1)([CH2]CCC)[CH2]CCC. The van der Waals surface area contributed by atoms with E-state index in [2.05, 4.69) is 30.9 Å². The average molecular weight is 500 g/mol. The molecular formula is C24H47NO2Sn. The van der Waals surface area contributed by atoms with Gasteiger partial charge in [-0.05, 0) is 0 Å². The van der Waals surface area contributed by atoms with Crippen molar-refractivity contribution < 1.29 is 9.53 Å². The van der Waals surface area contributed by atoms with Gasteiger partial charge in [0, 0.05) is 0 Å². The van der Waals surface area contributed by atoms with Crippen LogP contribution in [-0.2, 0) is 4.74 Å². The van der Waals surface area contributed by atoms with Crippen molar-refractivity contribution in [3.8, 4) is 0 Å². The zero-order chi connectivity index (χ0) is 21.0. The number of carbonyl (C=O) groups excluding carboxylic acids is 1. The molecule has 0 radical (unpaired) electrons. The van der Waals surface area contributed by atoms with Crippen LogP contribution in [0.25, 0.3) is 0 Å². The first-order valence-corrected chi connectivity index (χ1v) is 19.6. The molecule has 1 aliphatic rings. The summed E-state index contributed by atoms with van der Waals surface area (Å²) in [7, 11) is 0. The van der Waals surface area contributed by atoms with E-state index in [9.17, 15) is 4.79 Å². The fourth-order valence-corrected chi connectivity index (χ4v) is 18.7. The zero-order valence-electron chi connectivity index (χ0n) is 19.7. The van der Waals surface area contributed by atoms with Gasteiger partial charge >= 0.3 is 180 Å². The standard InChI is InChI=1S/C12H20NO2.3C4H9.Sn/c1-5-10-6-8-13(9-7-10)11(14)15-12(2,3)4;3*1-3-4-2;/h1,5,10H,6-9H2,2-4H3;3*1,3-4H2,2H3;. The van der Waals surface area contributed by atoms with Gasteiger partial charge in [0.05, 0.1) is 0 Å². The van der Waals surface area contributed by atoms with Gasteiger partial charge in [-0.3, -0.25) is 0 Å². The molecule has 0 aromatic carbocycles.